The van der Waals surface area contributed by atoms with Crippen molar-refractivity contribution in [2.75, 3.05) is 40.5 Å². The summed E-state index contributed by atoms with van der Waals surface area (Å²) in [6.45, 7) is 11.8. The molecule has 2 atom stereocenters. The highest BCUT2D eigenvalue weighted by atomic mass is 16.6. The summed E-state index contributed by atoms with van der Waals surface area (Å²) in [7, 11) is 3.37. The van der Waals surface area contributed by atoms with Crippen molar-refractivity contribution < 1.29 is 23.7 Å². The van der Waals surface area contributed by atoms with Crippen LogP contribution in [0.5, 0.6) is 17.2 Å². The van der Waals surface area contributed by atoms with Gasteiger partial charge in [0.25, 0.3) is 0 Å². The molecule has 6 rings (SSSR count). The van der Waals surface area contributed by atoms with Crippen molar-refractivity contribution in [1.82, 2.24) is 10.2 Å². The van der Waals surface area contributed by atoms with Gasteiger partial charge in [-0.15, -0.1) is 0 Å². The van der Waals surface area contributed by atoms with E-state index in [9.17, 15) is 4.79 Å². The van der Waals surface area contributed by atoms with Crippen LogP contribution in [0.1, 0.15) is 49.4 Å². The van der Waals surface area contributed by atoms with Crippen LogP contribution in [0, 0.1) is 25.2 Å². The molecule has 0 spiro atoms. The standard InChI is InChI=1S/C29H38N2O5/c1-17-11-20(12-18(2)26(17)34-6)21-13-24-22(14-23(21)33-5)27(29(3,4)16-35-24)30-28(32)36-25-15-31-9-7-19(25)8-10-31/h11-14,19,25,27H,7-10,15-16H2,1-6H3,(H,30,32). The Morgan fingerprint density at radius 3 is 2.33 bits per heavy atom. The van der Waals surface area contributed by atoms with E-state index in [1.807, 2.05) is 26.0 Å². The summed E-state index contributed by atoms with van der Waals surface area (Å²) in [5.74, 6) is 2.84. The highest BCUT2D eigenvalue weighted by molar-refractivity contribution is 5.76. The Morgan fingerprint density at radius 1 is 1.06 bits per heavy atom. The zero-order chi connectivity index (χ0) is 25.6. The Labute approximate surface area is 214 Å². The van der Waals surface area contributed by atoms with Crippen LogP contribution in [-0.2, 0) is 4.74 Å². The average molecular weight is 495 g/mol. The van der Waals surface area contributed by atoms with Gasteiger partial charge in [-0.3, -0.25) is 4.90 Å². The smallest absolute Gasteiger partial charge is 0.407 e. The normalized spacial score (nSPS) is 25.9. The van der Waals surface area contributed by atoms with Gasteiger partial charge in [-0.05, 0) is 86.7 Å². The summed E-state index contributed by atoms with van der Waals surface area (Å²) < 4.78 is 23.6. The number of piperidine rings is 3. The number of amides is 1. The lowest BCUT2D eigenvalue weighted by Gasteiger charge is -2.44. The van der Waals surface area contributed by atoms with Gasteiger partial charge in [0.1, 0.15) is 23.4 Å². The zero-order valence-corrected chi connectivity index (χ0v) is 22.3. The topological polar surface area (TPSA) is 69.3 Å². The Hall–Kier alpha value is -2.93. The highest BCUT2D eigenvalue weighted by Gasteiger charge is 2.41. The van der Waals surface area contributed by atoms with Gasteiger partial charge in [-0.25, -0.2) is 4.79 Å². The van der Waals surface area contributed by atoms with Crippen LogP contribution in [-0.4, -0.2) is 57.6 Å². The molecule has 4 aliphatic heterocycles. The maximum atomic E-state index is 13.1. The van der Waals surface area contributed by atoms with Crippen molar-refractivity contribution in [2.24, 2.45) is 11.3 Å². The summed E-state index contributed by atoms with van der Waals surface area (Å²) in [6, 6.07) is 7.96. The molecule has 0 saturated carbocycles. The van der Waals surface area contributed by atoms with E-state index < -0.39 is 0 Å². The van der Waals surface area contributed by atoms with Crippen molar-refractivity contribution in [3.05, 3.63) is 41.0 Å². The lowest BCUT2D eigenvalue weighted by Crippen LogP contribution is -2.53. The number of carbonyl (C=O) groups is 1. The minimum atomic E-state index is -0.357. The number of aryl methyl sites for hydroxylation is 2. The van der Waals surface area contributed by atoms with Gasteiger partial charge in [-0.1, -0.05) is 13.8 Å². The molecule has 3 saturated heterocycles. The number of nitrogens with one attached hydrogen (secondary N) is 1. The molecule has 7 nitrogen and oxygen atoms in total. The predicted molar refractivity (Wildman–Crippen MR) is 139 cm³/mol. The van der Waals surface area contributed by atoms with Crippen LogP contribution in [0.15, 0.2) is 24.3 Å². The van der Waals surface area contributed by atoms with Gasteiger partial charge in [0.05, 0.1) is 26.9 Å². The minimum absolute atomic E-state index is 0.0339. The lowest BCUT2D eigenvalue weighted by atomic mass is 9.78. The molecule has 4 heterocycles. The molecule has 0 aromatic heterocycles. The molecule has 2 aromatic rings. The van der Waals surface area contributed by atoms with E-state index in [4.69, 9.17) is 18.9 Å². The second-order valence-corrected chi connectivity index (χ2v) is 11.2. The third-order valence-corrected chi connectivity index (χ3v) is 8.12. The number of ether oxygens (including phenoxy) is 4. The van der Waals surface area contributed by atoms with Crippen LogP contribution in [0.3, 0.4) is 0 Å². The molecule has 194 valence electrons. The molecule has 7 heteroatoms. The minimum Gasteiger partial charge on any atom is -0.496 e. The van der Waals surface area contributed by atoms with Gasteiger partial charge < -0.3 is 24.3 Å². The number of hydrogen-bond donors (Lipinski definition) is 1. The van der Waals surface area contributed by atoms with Gasteiger partial charge in [0.2, 0.25) is 0 Å². The third kappa shape index (κ3) is 4.49. The first-order chi connectivity index (χ1) is 17.2. The molecule has 0 aliphatic carbocycles. The first-order valence-corrected chi connectivity index (χ1v) is 12.9. The van der Waals surface area contributed by atoms with Crippen molar-refractivity contribution in [2.45, 2.75) is 52.7 Å². The number of benzene rings is 2. The fourth-order valence-electron chi connectivity index (χ4n) is 6.12. The van der Waals surface area contributed by atoms with Crippen molar-refractivity contribution in [3.8, 4) is 28.4 Å². The SMILES string of the molecule is COc1cc2c(cc1-c1cc(C)c(OC)c(C)c1)OCC(C)(C)C2NC(=O)OC1CN2CCC1CC2. The first kappa shape index (κ1) is 24.8. The van der Waals surface area contributed by atoms with Crippen LogP contribution >= 0.6 is 0 Å². The molecule has 2 bridgehead atoms. The summed E-state index contributed by atoms with van der Waals surface area (Å²) in [5, 5.41) is 3.18. The van der Waals surface area contributed by atoms with Crippen LogP contribution in [0.2, 0.25) is 0 Å². The molecule has 2 aromatic carbocycles. The number of carbonyl (C=O) groups excluding carboxylic acids is 1. The number of rotatable bonds is 5. The maximum absolute atomic E-state index is 13.1. The van der Waals surface area contributed by atoms with Crippen LogP contribution in [0.25, 0.3) is 11.1 Å². The molecule has 0 radical (unpaired) electrons. The maximum Gasteiger partial charge on any atom is 0.407 e. The Bertz CT molecular complexity index is 1130. The van der Waals surface area contributed by atoms with Gasteiger partial charge >= 0.3 is 6.09 Å². The predicted octanol–water partition coefficient (Wildman–Crippen LogP) is 5.27. The van der Waals surface area contributed by atoms with Crippen LogP contribution in [0.4, 0.5) is 4.79 Å². The number of alkyl carbamates (subject to hydrolysis) is 1. The Kier molecular flexibility index (Phi) is 6.54. The highest BCUT2D eigenvalue weighted by Crippen LogP contribution is 2.47. The van der Waals surface area contributed by atoms with E-state index >= 15 is 0 Å². The quantitative estimate of drug-likeness (QED) is 0.611. The molecule has 1 amide bonds. The first-order valence-electron chi connectivity index (χ1n) is 12.9. The molecular formula is C29H38N2O5. The average Bonchev–Trinajstić information content (AvgIpc) is 2.85. The largest absolute Gasteiger partial charge is 0.496 e. The summed E-state index contributed by atoms with van der Waals surface area (Å²) in [5.41, 5.74) is 4.68. The second kappa shape index (κ2) is 9.51. The molecule has 3 fully saturated rings. The van der Waals surface area contributed by atoms with Gasteiger partial charge in [-0.2, -0.15) is 0 Å². The van der Waals surface area contributed by atoms with Crippen molar-refractivity contribution >= 4 is 6.09 Å². The van der Waals surface area contributed by atoms with E-state index in [0.29, 0.717) is 12.5 Å². The Morgan fingerprint density at radius 2 is 1.75 bits per heavy atom. The molecule has 1 N–H and O–H groups in total. The van der Waals surface area contributed by atoms with E-state index in [0.717, 1.165) is 77.5 Å². The van der Waals surface area contributed by atoms with Crippen LogP contribution < -0.4 is 19.5 Å². The van der Waals surface area contributed by atoms with E-state index in [2.05, 4.69) is 36.2 Å². The van der Waals surface area contributed by atoms with Crippen molar-refractivity contribution in [3.63, 3.8) is 0 Å². The fraction of sp³-hybridized carbons (Fsp3) is 0.552. The summed E-state index contributed by atoms with van der Waals surface area (Å²) in [6.07, 6.45) is 1.82. The van der Waals surface area contributed by atoms with Gasteiger partial charge in [0, 0.05) is 23.1 Å². The van der Waals surface area contributed by atoms with E-state index in [1.165, 1.54) is 0 Å². The summed E-state index contributed by atoms with van der Waals surface area (Å²) >= 11 is 0. The van der Waals surface area contributed by atoms with E-state index in [-0.39, 0.29) is 23.7 Å². The number of fused-ring (bicyclic) bond motifs is 4. The van der Waals surface area contributed by atoms with Gasteiger partial charge in [0.15, 0.2) is 0 Å². The second-order valence-electron chi connectivity index (χ2n) is 11.2. The monoisotopic (exact) mass is 494 g/mol. The molecule has 2 unspecified atom stereocenters. The molecule has 4 aliphatic rings. The van der Waals surface area contributed by atoms with Crippen molar-refractivity contribution in [1.29, 1.82) is 0 Å². The van der Waals surface area contributed by atoms with E-state index in [1.54, 1.807) is 14.2 Å². The third-order valence-electron chi connectivity index (χ3n) is 8.12. The molecular weight excluding hydrogens is 456 g/mol. The number of methoxy groups -OCH3 is 2. The zero-order valence-electron chi connectivity index (χ0n) is 22.3. The number of nitrogens with zero attached hydrogens (tertiary/aromatic N) is 1. The Balaban J connectivity index is 1.44. The lowest BCUT2D eigenvalue weighted by molar-refractivity contribution is -0.0361. The molecule has 36 heavy (non-hydrogen) atoms. The summed E-state index contributed by atoms with van der Waals surface area (Å²) in [4.78, 5) is 15.5. The number of hydrogen-bond acceptors (Lipinski definition) is 6. The fourth-order valence-corrected chi connectivity index (χ4v) is 6.12.